The SMILES string of the molecule is CCc1ccc(C(=O)CSc2nnc(-c3ccccc3OC)n2C)cc1. The van der Waals surface area contributed by atoms with Crippen LogP contribution in [0.3, 0.4) is 0 Å². The van der Waals surface area contributed by atoms with Gasteiger partial charge in [-0.3, -0.25) is 4.79 Å². The van der Waals surface area contributed by atoms with Crippen molar-refractivity contribution in [1.29, 1.82) is 0 Å². The second-order valence-electron chi connectivity index (χ2n) is 5.83. The van der Waals surface area contributed by atoms with Gasteiger partial charge in [-0.25, -0.2) is 0 Å². The number of carbonyl (C=O) groups is 1. The minimum Gasteiger partial charge on any atom is -0.496 e. The predicted molar refractivity (Wildman–Crippen MR) is 104 cm³/mol. The van der Waals surface area contributed by atoms with Crippen molar-refractivity contribution in [2.45, 2.75) is 18.5 Å². The fourth-order valence-electron chi connectivity index (χ4n) is 2.64. The highest BCUT2D eigenvalue weighted by Crippen LogP contribution is 2.30. The number of Topliss-reactive ketones (excluding diaryl/α,β-unsaturated/α-hetero) is 1. The van der Waals surface area contributed by atoms with Gasteiger partial charge >= 0.3 is 0 Å². The molecule has 3 aromatic rings. The molecule has 0 fully saturated rings. The summed E-state index contributed by atoms with van der Waals surface area (Å²) in [6.45, 7) is 2.10. The number of ether oxygens (including phenoxy) is 1. The summed E-state index contributed by atoms with van der Waals surface area (Å²) in [5, 5.41) is 9.20. The molecule has 0 spiro atoms. The van der Waals surface area contributed by atoms with Crippen LogP contribution in [0.15, 0.2) is 53.7 Å². The van der Waals surface area contributed by atoms with Crippen LogP contribution in [0.4, 0.5) is 0 Å². The fourth-order valence-corrected chi connectivity index (χ4v) is 3.45. The number of thioether (sulfide) groups is 1. The zero-order valence-electron chi connectivity index (χ0n) is 15.1. The lowest BCUT2D eigenvalue weighted by Crippen LogP contribution is -2.04. The first-order chi connectivity index (χ1) is 12.6. The van der Waals surface area contributed by atoms with Gasteiger partial charge in [0, 0.05) is 12.6 Å². The minimum atomic E-state index is 0.0829. The van der Waals surface area contributed by atoms with Crippen molar-refractivity contribution in [1.82, 2.24) is 14.8 Å². The summed E-state index contributed by atoms with van der Waals surface area (Å²) in [5.41, 5.74) is 2.82. The van der Waals surface area contributed by atoms with Crippen molar-refractivity contribution in [2.24, 2.45) is 7.05 Å². The third kappa shape index (κ3) is 3.80. The number of aryl methyl sites for hydroxylation is 1. The molecule has 0 N–H and O–H groups in total. The number of rotatable bonds is 7. The van der Waals surface area contributed by atoms with E-state index in [4.69, 9.17) is 4.74 Å². The van der Waals surface area contributed by atoms with Crippen LogP contribution in [0.5, 0.6) is 5.75 Å². The Labute approximate surface area is 157 Å². The fraction of sp³-hybridized carbons (Fsp3) is 0.250. The molecule has 3 rings (SSSR count). The number of ketones is 1. The molecule has 0 amide bonds. The van der Waals surface area contributed by atoms with E-state index >= 15 is 0 Å². The van der Waals surface area contributed by atoms with Crippen LogP contribution in [0.2, 0.25) is 0 Å². The molecule has 1 heterocycles. The third-order valence-corrected chi connectivity index (χ3v) is 5.22. The Hall–Kier alpha value is -2.60. The largest absolute Gasteiger partial charge is 0.496 e. The molecule has 1 aromatic heterocycles. The zero-order valence-corrected chi connectivity index (χ0v) is 15.9. The standard InChI is InChI=1S/C20H21N3O2S/c1-4-14-9-11-15(12-10-14)17(24)13-26-20-22-21-19(23(20)2)16-7-5-6-8-18(16)25-3/h5-12H,4,13H2,1-3H3. The van der Waals surface area contributed by atoms with Crippen molar-refractivity contribution in [3.05, 3.63) is 59.7 Å². The summed E-state index contributed by atoms with van der Waals surface area (Å²) in [4.78, 5) is 12.4. The lowest BCUT2D eigenvalue weighted by molar-refractivity contribution is 0.102. The number of para-hydroxylation sites is 1. The van der Waals surface area contributed by atoms with Gasteiger partial charge in [-0.1, -0.05) is 55.1 Å². The number of aromatic nitrogens is 3. The van der Waals surface area contributed by atoms with E-state index in [1.165, 1.54) is 17.3 Å². The van der Waals surface area contributed by atoms with Gasteiger partial charge in [-0.05, 0) is 24.1 Å². The summed E-state index contributed by atoms with van der Waals surface area (Å²) in [5.74, 6) is 1.86. The molecular formula is C20H21N3O2S. The average Bonchev–Trinajstić information content (AvgIpc) is 3.06. The summed E-state index contributed by atoms with van der Waals surface area (Å²) < 4.78 is 7.28. The minimum absolute atomic E-state index is 0.0829. The van der Waals surface area contributed by atoms with Crippen LogP contribution >= 0.6 is 11.8 Å². The van der Waals surface area contributed by atoms with Crippen molar-refractivity contribution in [3.8, 4) is 17.1 Å². The maximum Gasteiger partial charge on any atom is 0.191 e. The number of hydrogen-bond donors (Lipinski definition) is 0. The quantitative estimate of drug-likeness (QED) is 0.466. The lowest BCUT2D eigenvalue weighted by atomic mass is 10.1. The first-order valence-corrected chi connectivity index (χ1v) is 9.40. The normalized spacial score (nSPS) is 10.7. The Kier molecular flexibility index (Phi) is 5.73. The molecular weight excluding hydrogens is 346 g/mol. The molecule has 0 unspecified atom stereocenters. The number of carbonyl (C=O) groups excluding carboxylic acids is 1. The van der Waals surface area contributed by atoms with Crippen molar-refractivity contribution >= 4 is 17.5 Å². The summed E-state index contributed by atoms with van der Waals surface area (Å²) in [6.07, 6.45) is 0.966. The van der Waals surface area contributed by atoms with Gasteiger partial charge in [0.1, 0.15) is 5.75 Å². The van der Waals surface area contributed by atoms with Gasteiger partial charge < -0.3 is 9.30 Å². The molecule has 0 saturated heterocycles. The van der Waals surface area contributed by atoms with Crippen LogP contribution in [0.25, 0.3) is 11.4 Å². The summed E-state index contributed by atoms with van der Waals surface area (Å²) >= 11 is 1.39. The van der Waals surface area contributed by atoms with Crippen LogP contribution < -0.4 is 4.74 Å². The van der Waals surface area contributed by atoms with E-state index in [2.05, 4.69) is 17.1 Å². The Morgan fingerprint density at radius 3 is 2.54 bits per heavy atom. The molecule has 6 heteroatoms. The molecule has 2 aromatic carbocycles. The molecule has 134 valence electrons. The highest BCUT2D eigenvalue weighted by atomic mass is 32.2. The Bertz CT molecular complexity index is 904. The molecule has 26 heavy (non-hydrogen) atoms. The van der Waals surface area contributed by atoms with Gasteiger partial charge in [-0.2, -0.15) is 0 Å². The Morgan fingerprint density at radius 1 is 1.12 bits per heavy atom. The monoisotopic (exact) mass is 367 g/mol. The summed E-state index contributed by atoms with van der Waals surface area (Å²) in [6, 6.07) is 15.5. The van der Waals surface area contributed by atoms with Gasteiger partial charge in [0.15, 0.2) is 16.8 Å². The molecule has 0 radical (unpaired) electrons. The lowest BCUT2D eigenvalue weighted by Gasteiger charge is -2.08. The maximum atomic E-state index is 12.4. The van der Waals surface area contributed by atoms with Crippen molar-refractivity contribution in [3.63, 3.8) is 0 Å². The van der Waals surface area contributed by atoms with E-state index in [0.29, 0.717) is 16.7 Å². The van der Waals surface area contributed by atoms with Gasteiger partial charge in [0.2, 0.25) is 0 Å². The molecule has 0 saturated carbocycles. The van der Waals surface area contributed by atoms with Crippen LogP contribution in [-0.2, 0) is 13.5 Å². The Balaban J connectivity index is 1.73. The highest BCUT2D eigenvalue weighted by molar-refractivity contribution is 7.99. The third-order valence-electron chi connectivity index (χ3n) is 4.20. The predicted octanol–water partition coefficient (Wildman–Crippen LogP) is 4.03. The molecule has 0 atom stereocenters. The molecule has 0 aliphatic carbocycles. The van der Waals surface area contributed by atoms with Gasteiger partial charge in [0.25, 0.3) is 0 Å². The van der Waals surface area contributed by atoms with E-state index in [1.54, 1.807) is 7.11 Å². The second-order valence-corrected chi connectivity index (χ2v) is 6.77. The number of methoxy groups -OCH3 is 1. The zero-order chi connectivity index (χ0) is 18.5. The summed E-state index contributed by atoms with van der Waals surface area (Å²) in [7, 11) is 3.53. The van der Waals surface area contributed by atoms with E-state index in [0.717, 1.165) is 23.3 Å². The van der Waals surface area contributed by atoms with Crippen molar-refractivity contribution < 1.29 is 9.53 Å². The molecule has 0 bridgehead atoms. The second kappa shape index (κ2) is 8.19. The number of hydrogen-bond acceptors (Lipinski definition) is 5. The van der Waals surface area contributed by atoms with E-state index in [1.807, 2.05) is 60.1 Å². The van der Waals surface area contributed by atoms with Crippen molar-refractivity contribution in [2.75, 3.05) is 12.9 Å². The first kappa shape index (κ1) is 18.2. The first-order valence-electron chi connectivity index (χ1n) is 8.41. The van der Waals surface area contributed by atoms with Gasteiger partial charge in [0.05, 0.1) is 18.4 Å². The average molecular weight is 367 g/mol. The van der Waals surface area contributed by atoms with Gasteiger partial charge in [-0.15, -0.1) is 10.2 Å². The van der Waals surface area contributed by atoms with Crippen LogP contribution in [-0.4, -0.2) is 33.4 Å². The van der Waals surface area contributed by atoms with Crippen LogP contribution in [0, 0.1) is 0 Å². The number of benzene rings is 2. The van der Waals surface area contributed by atoms with E-state index in [9.17, 15) is 4.79 Å². The smallest absolute Gasteiger partial charge is 0.191 e. The molecule has 5 nitrogen and oxygen atoms in total. The number of nitrogens with zero attached hydrogens (tertiary/aromatic N) is 3. The van der Waals surface area contributed by atoms with E-state index < -0.39 is 0 Å². The highest BCUT2D eigenvalue weighted by Gasteiger charge is 2.16. The van der Waals surface area contributed by atoms with Crippen LogP contribution in [0.1, 0.15) is 22.8 Å². The molecule has 0 aliphatic rings. The maximum absolute atomic E-state index is 12.4. The molecule has 0 aliphatic heterocycles. The van der Waals surface area contributed by atoms with E-state index in [-0.39, 0.29) is 5.78 Å². The topological polar surface area (TPSA) is 57.0 Å². The Morgan fingerprint density at radius 2 is 1.85 bits per heavy atom.